The number of nitrogens with two attached hydrogens (primary N) is 1. The van der Waals surface area contributed by atoms with Crippen molar-refractivity contribution >= 4 is 27.8 Å². The highest BCUT2D eigenvalue weighted by Gasteiger charge is 2.21. The average Bonchev–Trinajstić information content (AvgIpc) is 2.81. The maximum atomic E-state index is 11.8. The molecule has 1 fully saturated rings. The van der Waals surface area contributed by atoms with Crippen LogP contribution in [0.4, 0.5) is 10.7 Å². The number of ketones is 1. The van der Waals surface area contributed by atoms with Crippen LogP contribution < -0.4 is 11.1 Å². The molecule has 20 heavy (non-hydrogen) atoms. The Bertz CT molecular complexity index is 527. The van der Waals surface area contributed by atoms with Gasteiger partial charge in [-0.1, -0.05) is 6.92 Å². The van der Waals surface area contributed by atoms with Crippen LogP contribution in [0.3, 0.4) is 0 Å². The molecule has 1 aliphatic heterocycles. The summed E-state index contributed by atoms with van der Waals surface area (Å²) < 4.78 is 5.64. The van der Waals surface area contributed by atoms with Crippen LogP contribution in [-0.4, -0.2) is 25.0 Å². The lowest BCUT2D eigenvalue weighted by atomic mass is 10.1. The fourth-order valence-corrected chi connectivity index (χ4v) is 3.31. The molecule has 0 spiro atoms. The van der Waals surface area contributed by atoms with Gasteiger partial charge in [0, 0.05) is 19.6 Å². The molecule has 108 valence electrons. The highest BCUT2D eigenvalue weighted by atomic mass is 32.1. The summed E-state index contributed by atoms with van der Waals surface area (Å²) in [4.78, 5) is 12.3. The van der Waals surface area contributed by atoms with Crippen LogP contribution in [0.5, 0.6) is 0 Å². The van der Waals surface area contributed by atoms with Crippen LogP contribution in [0.15, 0.2) is 0 Å². The molecule has 0 radical (unpaired) electrons. The van der Waals surface area contributed by atoms with Crippen LogP contribution in [0, 0.1) is 11.3 Å². The van der Waals surface area contributed by atoms with Crippen LogP contribution in [-0.2, 0) is 4.74 Å². The molecule has 1 aromatic heterocycles. The molecule has 1 saturated heterocycles. The third-order valence-corrected chi connectivity index (χ3v) is 4.60. The van der Waals surface area contributed by atoms with E-state index in [2.05, 4.69) is 11.4 Å². The Morgan fingerprint density at radius 1 is 1.60 bits per heavy atom. The van der Waals surface area contributed by atoms with E-state index in [1.165, 1.54) is 17.8 Å². The number of nitrogens with one attached hydrogen (secondary N) is 1. The van der Waals surface area contributed by atoms with E-state index in [4.69, 9.17) is 10.5 Å². The smallest absolute Gasteiger partial charge is 0.174 e. The summed E-state index contributed by atoms with van der Waals surface area (Å²) >= 11 is 1.27. The largest absolute Gasteiger partial charge is 0.396 e. The highest BCUT2D eigenvalue weighted by molar-refractivity contribution is 7.19. The van der Waals surface area contributed by atoms with Crippen molar-refractivity contribution in [2.45, 2.75) is 38.7 Å². The van der Waals surface area contributed by atoms with Crippen LogP contribution in [0.2, 0.25) is 0 Å². The quantitative estimate of drug-likeness (QED) is 0.815. The van der Waals surface area contributed by atoms with Crippen molar-refractivity contribution in [2.75, 3.05) is 24.2 Å². The van der Waals surface area contributed by atoms with Gasteiger partial charge in [-0.25, -0.2) is 0 Å². The van der Waals surface area contributed by atoms with E-state index in [0.717, 1.165) is 19.4 Å². The molecule has 2 rings (SSSR count). The van der Waals surface area contributed by atoms with E-state index in [0.29, 0.717) is 34.1 Å². The second kappa shape index (κ2) is 6.73. The van der Waals surface area contributed by atoms with E-state index < -0.39 is 0 Å². The van der Waals surface area contributed by atoms with Crippen molar-refractivity contribution in [3.8, 4) is 6.07 Å². The van der Waals surface area contributed by atoms with Crippen molar-refractivity contribution in [1.82, 2.24) is 0 Å². The fraction of sp³-hybridized carbons (Fsp3) is 0.571. The van der Waals surface area contributed by atoms with E-state index in [1.54, 1.807) is 6.92 Å². The first-order valence-corrected chi connectivity index (χ1v) is 7.70. The SMILES string of the molecule is CCC(=O)c1sc(NCC2CCCCO2)c(C#N)c1N. The first kappa shape index (κ1) is 14.8. The normalized spacial score (nSPS) is 18.5. The number of thiophene rings is 1. The lowest BCUT2D eigenvalue weighted by molar-refractivity contribution is 0.0248. The predicted octanol–water partition coefficient (Wildman–Crippen LogP) is 2.78. The van der Waals surface area contributed by atoms with Gasteiger partial charge in [-0.3, -0.25) is 4.79 Å². The topological polar surface area (TPSA) is 88.1 Å². The maximum Gasteiger partial charge on any atom is 0.174 e. The highest BCUT2D eigenvalue weighted by Crippen LogP contribution is 2.36. The Kier molecular flexibility index (Phi) is 4.99. The molecule has 2 heterocycles. The second-order valence-corrected chi connectivity index (χ2v) is 5.83. The zero-order chi connectivity index (χ0) is 14.5. The Morgan fingerprint density at radius 2 is 2.40 bits per heavy atom. The zero-order valence-electron chi connectivity index (χ0n) is 11.6. The molecule has 1 aromatic rings. The Morgan fingerprint density at radius 3 is 3.00 bits per heavy atom. The number of anilines is 2. The molecule has 0 amide bonds. The average molecular weight is 293 g/mol. The van der Waals surface area contributed by atoms with E-state index in [9.17, 15) is 10.1 Å². The first-order valence-electron chi connectivity index (χ1n) is 6.88. The minimum Gasteiger partial charge on any atom is -0.396 e. The number of rotatable bonds is 5. The van der Waals surface area contributed by atoms with Crippen LogP contribution in [0.1, 0.15) is 47.8 Å². The number of nitrogen functional groups attached to an aromatic ring is 1. The third kappa shape index (κ3) is 3.11. The van der Waals surface area contributed by atoms with Gasteiger partial charge in [0.2, 0.25) is 0 Å². The van der Waals surface area contributed by atoms with Gasteiger partial charge >= 0.3 is 0 Å². The van der Waals surface area contributed by atoms with Crippen molar-refractivity contribution in [1.29, 1.82) is 5.26 Å². The van der Waals surface area contributed by atoms with Gasteiger partial charge in [0.1, 0.15) is 16.6 Å². The standard InChI is InChI=1S/C14H19N3O2S/c1-2-11(18)13-12(16)10(7-15)14(20-13)17-8-9-5-3-4-6-19-9/h9,17H,2-6,8,16H2,1H3. The number of carbonyl (C=O) groups is 1. The van der Waals surface area contributed by atoms with E-state index in [-0.39, 0.29) is 11.9 Å². The first-order chi connectivity index (χ1) is 9.67. The zero-order valence-corrected chi connectivity index (χ0v) is 12.4. The number of hydrogen-bond acceptors (Lipinski definition) is 6. The third-order valence-electron chi connectivity index (χ3n) is 3.40. The molecule has 1 unspecified atom stereocenters. The van der Waals surface area contributed by atoms with Gasteiger partial charge < -0.3 is 15.8 Å². The van der Waals surface area contributed by atoms with Crippen molar-refractivity contribution < 1.29 is 9.53 Å². The predicted molar refractivity (Wildman–Crippen MR) is 80.1 cm³/mol. The van der Waals surface area contributed by atoms with Crippen molar-refractivity contribution in [3.05, 3.63) is 10.4 Å². The van der Waals surface area contributed by atoms with E-state index in [1.807, 2.05) is 0 Å². The number of Topliss-reactive ketones (excluding diaryl/α,β-unsaturated/α-hetero) is 1. The molecule has 5 nitrogen and oxygen atoms in total. The Balaban J connectivity index is 2.10. The number of nitriles is 1. The molecule has 6 heteroatoms. The molecule has 1 atom stereocenters. The molecule has 3 N–H and O–H groups in total. The monoisotopic (exact) mass is 293 g/mol. The lowest BCUT2D eigenvalue weighted by Crippen LogP contribution is -2.26. The molecule has 0 aliphatic carbocycles. The van der Waals surface area contributed by atoms with Crippen molar-refractivity contribution in [2.24, 2.45) is 0 Å². The number of nitrogens with zero attached hydrogens (tertiary/aromatic N) is 1. The Labute approximate surface area is 122 Å². The van der Waals surface area contributed by atoms with Crippen LogP contribution in [0.25, 0.3) is 0 Å². The second-order valence-electron chi connectivity index (χ2n) is 4.81. The molecular weight excluding hydrogens is 274 g/mol. The lowest BCUT2D eigenvalue weighted by Gasteiger charge is -2.22. The fourth-order valence-electron chi connectivity index (χ4n) is 2.22. The number of ether oxygens (including phenoxy) is 1. The van der Waals surface area contributed by atoms with Crippen molar-refractivity contribution in [3.63, 3.8) is 0 Å². The van der Waals surface area contributed by atoms with Gasteiger partial charge in [0.05, 0.1) is 16.7 Å². The van der Waals surface area contributed by atoms with Gasteiger partial charge in [-0.2, -0.15) is 5.26 Å². The summed E-state index contributed by atoms with van der Waals surface area (Å²) in [5, 5.41) is 13.1. The van der Waals surface area contributed by atoms with Gasteiger partial charge in [0.15, 0.2) is 5.78 Å². The number of hydrogen-bond donors (Lipinski definition) is 2. The van der Waals surface area contributed by atoms with Gasteiger partial charge in [0.25, 0.3) is 0 Å². The summed E-state index contributed by atoms with van der Waals surface area (Å²) in [5.74, 6) is -0.0223. The van der Waals surface area contributed by atoms with Gasteiger partial charge in [-0.05, 0) is 19.3 Å². The minimum absolute atomic E-state index is 0.0223. The summed E-state index contributed by atoms with van der Waals surface area (Å²) in [5.41, 5.74) is 6.58. The summed E-state index contributed by atoms with van der Waals surface area (Å²) in [7, 11) is 0. The summed E-state index contributed by atoms with van der Waals surface area (Å²) in [6.07, 6.45) is 3.87. The number of carbonyl (C=O) groups excluding carboxylic acids is 1. The minimum atomic E-state index is -0.0223. The molecule has 0 bridgehead atoms. The van der Waals surface area contributed by atoms with E-state index >= 15 is 0 Å². The van der Waals surface area contributed by atoms with Gasteiger partial charge in [-0.15, -0.1) is 11.3 Å². The summed E-state index contributed by atoms with van der Waals surface area (Å²) in [6.45, 7) is 3.23. The summed E-state index contributed by atoms with van der Waals surface area (Å²) in [6, 6.07) is 2.08. The molecule has 0 saturated carbocycles. The van der Waals surface area contributed by atoms with Crippen LogP contribution >= 0.6 is 11.3 Å². The molecule has 1 aliphatic rings. The molecular formula is C14H19N3O2S. The molecule has 0 aromatic carbocycles. The Hall–Kier alpha value is -1.58. The maximum absolute atomic E-state index is 11.8.